The fourth-order valence-electron chi connectivity index (χ4n) is 2.08. The van der Waals surface area contributed by atoms with Gasteiger partial charge in [0.25, 0.3) is 0 Å². The van der Waals surface area contributed by atoms with E-state index in [2.05, 4.69) is 0 Å². The average molecular weight is 268 g/mol. The van der Waals surface area contributed by atoms with Crippen LogP contribution in [0, 0.1) is 6.92 Å². The molecule has 0 aliphatic rings. The van der Waals surface area contributed by atoms with E-state index in [1.165, 1.54) is 6.26 Å². The zero-order chi connectivity index (χ0) is 14.5. The van der Waals surface area contributed by atoms with Crippen molar-refractivity contribution in [2.24, 2.45) is 0 Å². The minimum atomic E-state index is -0.993. The van der Waals surface area contributed by atoms with Crippen molar-refractivity contribution in [2.45, 2.75) is 13.8 Å². The molecule has 102 valence electrons. The fraction of sp³-hybridized carbons (Fsp3) is 0.118. The first kappa shape index (κ1) is 13.9. The van der Waals surface area contributed by atoms with Gasteiger partial charge in [-0.1, -0.05) is 42.5 Å². The molecule has 0 radical (unpaired) electrons. The molecule has 0 saturated heterocycles. The number of rotatable bonds is 4. The van der Waals surface area contributed by atoms with Gasteiger partial charge in [-0.25, -0.2) is 4.79 Å². The van der Waals surface area contributed by atoms with Gasteiger partial charge >= 0.3 is 5.97 Å². The van der Waals surface area contributed by atoms with Gasteiger partial charge < -0.3 is 9.84 Å². The molecule has 0 atom stereocenters. The highest BCUT2D eigenvalue weighted by Gasteiger charge is 2.16. The van der Waals surface area contributed by atoms with Crippen molar-refractivity contribution in [3.8, 4) is 16.9 Å². The Labute approximate surface area is 118 Å². The van der Waals surface area contributed by atoms with Crippen LogP contribution in [0.4, 0.5) is 0 Å². The molecule has 0 spiro atoms. The number of aromatic carboxylic acids is 1. The van der Waals surface area contributed by atoms with Crippen LogP contribution < -0.4 is 4.74 Å². The Hall–Kier alpha value is -2.55. The summed E-state index contributed by atoms with van der Waals surface area (Å²) < 4.78 is 5.48. The minimum absolute atomic E-state index is 0.167. The number of carboxylic acids is 1. The molecule has 20 heavy (non-hydrogen) atoms. The standard InChI is InChI=1S/C17H16O3/c1-3-11-20-16-12(2)14(9-10-15(16)17(18)19)13-7-5-4-6-8-13/h3-11H,1-2H3,(H,18,19). The Morgan fingerprint density at radius 3 is 2.45 bits per heavy atom. The largest absolute Gasteiger partial charge is 0.478 e. The second kappa shape index (κ2) is 6.06. The molecule has 0 aromatic heterocycles. The lowest BCUT2D eigenvalue weighted by Gasteiger charge is -2.13. The van der Waals surface area contributed by atoms with E-state index in [1.54, 1.807) is 12.1 Å². The van der Waals surface area contributed by atoms with E-state index < -0.39 is 5.97 Å². The number of hydrogen-bond acceptors (Lipinski definition) is 2. The Kier molecular flexibility index (Phi) is 4.20. The number of carbonyl (C=O) groups is 1. The van der Waals surface area contributed by atoms with Crippen LogP contribution in [0.3, 0.4) is 0 Å². The smallest absolute Gasteiger partial charge is 0.339 e. The summed E-state index contributed by atoms with van der Waals surface area (Å²) in [6.45, 7) is 3.68. The monoisotopic (exact) mass is 268 g/mol. The van der Waals surface area contributed by atoms with Crippen LogP contribution >= 0.6 is 0 Å². The van der Waals surface area contributed by atoms with Crippen molar-refractivity contribution in [1.29, 1.82) is 0 Å². The maximum atomic E-state index is 11.3. The van der Waals surface area contributed by atoms with Crippen LogP contribution in [0.25, 0.3) is 11.1 Å². The summed E-state index contributed by atoms with van der Waals surface area (Å²) in [4.78, 5) is 11.3. The molecule has 3 nitrogen and oxygen atoms in total. The molecule has 2 aromatic carbocycles. The summed E-state index contributed by atoms with van der Waals surface area (Å²) in [5, 5.41) is 9.25. The summed E-state index contributed by atoms with van der Waals surface area (Å²) >= 11 is 0. The molecule has 1 N–H and O–H groups in total. The molecule has 0 fully saturated rings. The molecule has 0 saturated carbocycles. The van der Waals surface area contributed by atoms with E-state index in [0.717, 1.165) is 16.7 Å². The van der Waals surface area contributed by atoms with Gasteiger partial charge in [0.2, 0.25) is 0 Å². The zero-order valence-electron chi connectivity index (χ0n) is 11.5. The SMILES string of the molecule is CC=COc1c(C(=O)O)ccc(-c2ccccc2)c1C. The number of hydrogen-bond donors (Lipinski definition) is 1. The van der Waals surface area contributed by atoms with Gasteiger partial charge in [-0.2, -0.15) is 0 Å². The molecule has 0 amide bonds. The summed E-state index contributed by atoms with van der Waals surface area (Å²) in [5.41, 5.74) is 2.98. The summed E-state index contributed by atoms with van der Waals surface area (Å²) in [5.74, 6) is -0.607. The Morgan fingerprint density at radius 1 is 1.15 bits per heavy atom. The van der Waals surface area contributed by atoms with Crippen LogP contribution in [-0.4, -0.2) is 11.1 Å². The van der Waals surface area contributed by atoms with Crippen LogP contribution in [0.1, 0.15) is 22.8 Å². The van der Waals surface area contributed by atoms with Gasteiger partial charge in [0.1, 0.15) is 11.3 Å². The van der Waals surface area contributed by atoms with Crippen LogP contribution in [0.15, 0.2) is 54.8 Å². The maximum Gasteiger partial charge on any atom is 0.339 e. The summed E-state index contributed by atoms with van der Waals surface area (Å²) in [6, 6.07) is 13.2. The van der Waals surface area contributed by atoms with Gasteiger partial charge in [0, 0.05) is 5.56 Å². The van der Waals surface area contributed by atoms with E-state index in [-0.39, 0.29) is 5.56 Å². The van der Waals surface area contributed by atoms with E-state index in [0.29, 0.717) is 5.75 Å². The lowest BCUT2D eigenvalue weighted by molar-refractivity contribution is 0.0694. The van der Waals surface area contributed by atoms with Crippen molar-refractivity contribution in [3.05, 3.63) is 65.9 Å². The average Bonchev–Trinajstić information content (AvgIpc) is 2.46. The first-order valence-corrected chi connectivity index (χ1v) is 6.35. The predicted octanol–water partition coefficient (Wildman–Crippen LogP) is 4.27. The molecule has 0 bridgehead atoms. The highest BCUT2D eigenvalue weighted by atomic mass is 16.5. The topological polar surface area (TPSA) is 46.5 Å². The molecule has 0 unspecified atom stereocenters. The minimum Gasteiger partial charge on any atom is -0.478 e. The Morgan fingerprint density at radius 2 is 1.85 bits per heavy atom. The number of allylic oxidation sites excluding steroid dienone is 1. The normalized spacial score (nSPS) is 10.7. The molecule has 2 aromatic rings. The van der Waals surface area contributed by atoms with E-state index in [1.807, 2.05) is 50.2 Å². The first-order chi connectivity index (χ1) is 9.65. The predicted molar refractivity (Wildman–Crippen MR) is 79.0 cm³/mol. The lowest BCUT2D eigenvalue weighted by Crippen LogP contribution is -2.02. The van der Waals surface area contributed by atoms with Crippen LogP contribution in [0.5, 0.6) is 5.75 Å². The lowest BCUT2D eigenvalue weighted by atomic mass is 9.97. The molecule has 0 aliphatic carbocycles. The van der Waals surface area contributed by atoms with Crippen molar-refractivity contribution in [2.75, 3.05) is 0 Å². The van der Waals surface area contributed by atoms with E-state index >= 15 is 0 Å². The third-order valence-electron chi connectivity index (χ3n) is 3.04. The summed E-state index contributed by atoms with van der Waals surface area (Å²) in [6.07, 6.45) is 3.21. The maximum absolute atomic E-state index is 11.3. The van der Waals surface area contributed by atoms with Gasteiger partial charge in [0.15, 0.2) is 0 Å². The zero-order valence-corrected chi connectivity index (χ0v) is 11.5. The molecular formula is C17H16O3. The van der Waals surface area contributed by atoms with E-state index in [9.17, 15) is 9.90 Å². The third kappa shape index (κ3) is 2.72. The third-order valence-corrected chi connectivity index (χ3v) is 3.04. The second-order valence-electron chi connectivity index (χ2n) is 4.37. The second-order valence-corrected chi connectivity index (χ2v) is 4.37. The first-order valence-electron chi connectivity index (χ1n) is 6.35. The molecule has 3 heteroatoms. The molecule has 2 rings (SSSR count). The quantitative estimate of drug-likeness (QED) is 0.842. The number of carboxylic acid groups (broad SMARTS) is 1. The van der Waals surface area contributed by atoms with Crippen molar-refractivity contribution < 1.29 is 14.6 Å². The van der Waals surface area contributed by atoms with Crippen molar-refractivity contribution in [1.82, 2.24) is 0 Å². The number of benzene rings is 2. The highest BCUT2D eigenvalue weighted by molar-refractivity contribution is 5.93. The van der Waals surface area contributed by atoms with Crippen molar-refractivity contribution >= 4 is 5.97 Å². The van der Waals surface area contributed by atoms with Crippen LogP contribution in [-0.2, 0) is 0 Å². The highest BCUT2D eigenvalue weighted by Crippen LogP contribution is 2.33. The number of ether oxygens (including phenoxy) is 1. The fourth-order valence-corrected chi connectivity index (χ4v) is 2.08. The van der Waals surface area contributed by atoms with Crippen LogP contribution in [0.2, 0.25) is 0 Å². The van der Waals surface area contributed by atoms with Gasteiger partial charge in [-0.15, -0.1) is 0 Å². The van der Waals surface area contributed by atoms with Gasteiger partial charge in [-0.3, -0.25) is 0 Å². The van der Waals surface area contributed by atoms with E-state index in [4.69, 9.17) is 4.74 Å². The molecular weight excluding hydrogens is 252 g/mol. The summed E-state index contributed by atoms with van der Waals surface area (Å²) in [7, 11) is 0. The molecule has 0 aliphatic heterocycles. The molecule has 0 heterocycles. The Bertz CT molecular complexity index is 643. The van der Waals surface area contributed by atoms with Gasteiger partial charge in [0.05, 0.1) is 6.26 Å². The Balaban J connectivity index is 2.59. The van der Waals surface area contributed by atoms with Crippen molar-refractivity contribution in [3.63, 3.8) is 0 Å². The van der Waals surface area contributed by atoms with Gasteiger partial charge in [-0.05, 0) is 31.0 Å².